The smallest absolute Gasteiger partial charge is 0.258 e. The normalized spacial score (nSPS) is 13.0. The number of aliphatic hydroxyl groups is 1. The summed E-state index contributed by atoms with van der Waals surface area (Å²) in [5.74, 6) is -0.227. The molecule has 5 heteroatoms. The standard InChI is InChI=1S/C20H18N2O3/c21-19(23)20(24,15-6-2-1-3-7-15)16-9-11-18(12-10-16)25-14-17-8-4-5-13-22-17/h1-13,24H,14H2,(H2,21,23). The maximum Gasteiger partial charge on any atom is 0.258 e. The molecule has 1 unspecified atom stereocenters. The summed E-state index contributed by atoms with van der Waals surface area (Å²) in [5.41, 5.74) is 5.21. The number of carbonyl (C=O) groups is 1. The Morgan fingerprint density at radius 1 is 0.960 bits per heavy atom. The summed E-state index contributed by atoms with van der Waals surface area (Å²) in [4.78, 5) is 16.1. The zero-order valence-electron chi connectivity index (χ0n) is 13.5. The minimum atomic E-state index is -1.89. The van der Waals surface area contributed by atoms with E-state index in [1.807, 2.05) is 18.2 Å². The Labute approximate surface area is 145 Å². The van der Waals surface area contributed by atoms with Crippen LogP contribution in [0.5, 0.6) is 5.75 Å². The van der Waals surface area contributed by atoms with Crippen molar-refractivity contribution >= 4 is 5.91 Å². The van der Waals surface area contributed by atoms with E-state index in [1.54, 1.807) is 60.8 Å². The van der Waals surface area contributed by atoms with Gasteiger partial charge < -0.3 is 15.6 Å². The Bertz CT molecular complexity index is 836. The lowest BCUT2D eigenvalue weighted by Gasteiger charge is -2.25. The maximum absolute atomic E-state index is 12.0. The molecule has 0 saturated carbocycles. The van der Waals surface area contributed by atoms with Gasteiger partial charge in [0.1, 0.15) is 12.4 Å². The van der Waals surface area contributed by atoms with E-state index in [4.69, 9.17) is 10.5 Å². The Balaban J connectivity index is 1.81. The highest BCUT2D eigenvalue weighted by molar-refractivity contribution is 5.88. The van der Waals surface area contributed by atoms with Gasteiger partial charge in [-0.3, -0.25) is 9.78 Å². The first-order chi connectivity index (χ1) is 12.1. The Morgan fingerprint density at radius 2 is 1.60 bits per heavy atom. The molecule has 3 rings (SSSR count). The van der Waals surface area contributed by atoms with E-state index in [0.29, 0.717) is 23.5 Å². The first kappa shape index (κ1) is 16.7. The fourth-order valence-electron chi connectivity index (χ4n) is 2.56. The van der Waals surface area contributed by atoms with Crippen LogP contribution in [0.4, 0.5) is 0 Å². The van der Waals surface area contributed by atoms with Crippen molar-refractivity contribution in [1.29, 1.82) is 0 Å². The zero-order chi connectivity index (χ0) is 17.7. The first-order valence-electron chi connectivity index (χ1n) is 7.82. The van der Waals surface area contributed by atoms with Crippen molar-refractivity contribution in [2.24, 2.45) is 5.73 Å². The van der Waals surface area contributed by atoms with Gasteiger partial charge in [-0.2, -0.15) is 0 Å². The summed E-state index contributed by atoms with van der Waals surface area (Å²) in [6.07, 6.45) is 1.70. The Morgan fingerprint density at radius 3 is 2.20 bits per heavy atom. The molecule has 3 N–H and O–H groups in total. The van der Waals surface area contributed by atoms with E-state index in [1.165, 1.54) is 0 Å². The van der Waals surface area contributed by atoms with E-state index >= 15 is 0 Å². The summed E-state index contributed by atoms with van der Waals surface area (Å²) >= 11 is 0. The van der Waals surface area contributed by atoms with E-state index in [9.17, 15) is 9.90 Å². The van der Waals surface area contributed by atoms with Crippen LogP contribution in [0.3, 0.4) is 0 Å². The third kappa shape index (κ3) is 3.51. The van der Waals surface area contributed by atoms with Crippen molar-refractivity contribution in [3.05, 3.63) is 95.8 Å². The van der Waals surface area contributed by atoms with Gasteiger partial charge in [0.25, 0.3) is 5.91 Å². The van der Waals surface area contributed by atoms with Crippen LogP contribution in [-0.2, 0) is 17.0 Å². The topological polar surface area (TPSA) is 85.4 Å². The Kier molecular flexibility index (Phi) is 4.77. The van der Waals surface area contributed by atoms with Crippen LogP contribution >= 0.6 is 0 Å². The number of pyridine rings is 1. The van der Waals surface area contributed by atoms with Crippen LogP contribution < -0.4 is 10.5 Å². The van der Waals surface area contributed by atoms with Crippen LogP contribution in [0.15, 0.2) is 79.0 Å². The highest BCUT2D eigenvalue weighted by atomic mass is 16.5. The van der Waals surface area contributed by atoms with Crippen molar-refractivity contribution in [2.45, 2.75) is 12.2 Å². The molecule has 126 valence electrons. The summed E-state index contributed by atoms with van der Waals surface area (Å²) < 4.78 is 5.67. The molecule has 0 aliphatic heterocycles. The first-order valence-corrected chi connectivity index (χ1v) is 7.82. The van der Waals surface area contributed by atoms with Crippen molar-refractivity contribution in [2.75, 3.05) is 0 Å². The quantitative estimate of drug-likeness (QED) is 0.725. The minimum Gasteiger partial charge on any atom is -0.487 e. The van der Waals surface area contributed by atoms with Gasteiger partial charge in [-0.25, -0.2) is 0 Å². The third-order valence-electron chi connectivity index (χ3n) is 3.93. The van der Waals surface area contributed by atoms with Crippen molar-refractivity contribution < 1.29 is 14.6 Å². The van der Waals surface area contributed by atoms with Gasteiger partial charge in [-0.05, 0) is 35.4 Å². The maximum atomic E-state index is 12.0. The lowest BCUT2D eigenvalue weighted by atomic mass is 9.86. The van der Waals surface area contributed by atoms with E-state index < -0.39 is 11.5 Å². The molecule has 1 heterocycles. The molecule has 25 heavy (non-hydrogen) atoms. The van der Waals surface area contributed by atoms with Crippen LogP contribution in [0.1, 0.15) is 16.8 Å². The largest absolute Gasteiger partial charge is 0.487 e. The molecular weight excluding hydrogens is 316 g/mol. The lowest BCUT2D eigenvalue weighted by Crippen LogP contribution is -2.42. The van der Waals surface area contributed by atoms with Crippen LogP contribution in [0.2, 0.25) is 0 Å². The molecule has 2 aromatic carbocycles. The van der Waals surface area contributed by atoms with Gasteiger partial charge in [-0.1, -0.05) is 48.5 Å². The van der Waals surface area contributed by atoms with E-state index in [0.717, 1.165) is 5.69 Å². The lowest BCUT2D eigenvalue weighted by molar-refractivity contribution is -0.133. The fraction of sp³-hybridized carbons (Fsp3) is 0.100. The minimum absolute atomic E-state index is 0.332. The van der Waals surface area contributed by atoms with Gasteiger partial charge in [0.15, 0.2) is 5.60 Å². The number of carbonyl (C=O) groups excluding carboxylic acids is 1. The monoisotopic (exact) mass is 334 g/mol. The molecule has 5 nitrogen and oxygen atoms in total. The zero-order valence-corrected chi connectivity index (χ0v) is 13.5. The second-order valence-corrected chi connectivity index (χ2v) is 5.57. The van der Waals surface area contributed by atoms with Crippen LogP contribution in [0, 0.1) is 0 Å². The average Bonchev–Trinajstić information content (AvgIpc) is 2.67. The molecule has 0 fully saturated rings. The van der Waals surface area contributed by atoms with Crippen molar-refractivity contribution in [1.82, 2.24) is 4.98 Å². The third-order valence-corrected chi connectivity index (χ3v) is 3.93. The molecule has 0 radical (unpaired) electrons. The molecule has 0 saturated heterocycles. The van der Waals surface area contributed by atoms with Gasteiger partial charge >= 0.3 is 0 Å². The number of aromatic nitrogens is 1. The second kappa shape index (κ2) is 7.15. The summed E-state index contributed by atoms with van der Waals surface area (Å²) in [6, 6.07) is 20.9. The Hall–Kier alpha value is -3.18. The number of primary amides is 1. The van der Waals surface area contributed by atoms with Gasteiger partial charge in [0.2, 0.25) is 0 Å². The molecule has 0 aliphatic rings. The predicted octanol–water partition coefficient (Wildman–Crippen LogP) is 2.38. The van der Waals surface area contributed by atoms with E-state index in [2.05, 4.69) is 4.98 Å². The van der Waals surface area contributed by atoms with Crippen LogP contribution in [0.25, 0.3) is 0 Å². The van der Waals surface area contributed by atoms with Gasteiger partial charge in [0, 0.05) is 6.20 Å². The number of ether oxygens (including phenoxy) is 1. The SMILES string of the molecule is NC(=O)C(O)(c1ccccc1)c1ccc(OCc2ccccn2)cc1. The van der Waals surface area contributed by atoms with Gasteiger partial charge in [0.05, 0.1) is 5.69 Å². The number of rotatable bonds is 6. The predicted molar refractivity (Wildman–Crippen MR) is 93.6 cm³/mol. The van der Waals surface area contributed by atoms with Gasteiger partial charge in [-0.15, -0.1) is 0 Å². The van der Waals surface area contributed by atoms with Crippen LogP contribution in [-0.4, -0.2) is 16.0 Å². The molecular formula is C20H18N2O3. The summed E-state index contributed by atoms with van der Waals surface area (Å²) in [6.45, 7) is 0.332. The van der Waals surface area contributed by atoms with E-state index in [-0.39, 0.29) is 0 Å². The number of benzene rings is 2. The molecule has 0 aliphatic carbocycles. The molecule has 0 bridgehead atoms. The molecule has 1 atom stereocenters. The second-order valence-electron chi connectivity index (χ2n) is 5.57. The number of nitrogens with two attached hydrogens (primary N) is 1. The number of hydrogen-bond donors (Lipinski definition) is 2. The number of amides is 1. The highest BCUT2D eigenvalue weighted by Crippen LogP contribution is 2.30. The average molecular weight is 334 g/mol. The summed E-state index contributed by atoms with van der Waals surface area (Å²) in [7, 11) is 0. The molecule has 0 spiro atoms. The molecule has 1 amide bonds. The highest BCUT2D eigenvalue weighted by Gasteiger charge is 2.37. The number of hydrogen-bond acceptors (Lipinski definition) is 4. The molecule has 1 aromatic heterocycles. The number of nitrogens with zero attached hydrogens (tertiary/aromatic N) is 1. The van der Waals surface area contributed by atoms with Crippen molar-refractivity contribution in [3.8, 4) is 5.75 Å². The molecule has 3 aromatic rings. The summed E-state index contributed by atoms with van der Waals surface area (Å²) in [5, 5.41) is 10.9. The van der Waals surface area contributed by atoms with Crippen molar-refractivity contribution in [3.63, 3.8) is 0 Å². The fourth-order valence-corrected chi connectivity index (χ4v) is 2.56.